The monoisotopic (exact) mass is 215 g/mol. The molecular weight excluding hydrogens is 206 g/mol. The van der Waals surface area contributed by atoms with Crippen LogP contribution in [0.1, 0.15) is 5.56 Å². The molecule has 1 heterocycles. The van der Waals surface area contributed by atoms with Gasteiger partial charge >= 0.3 is 0 Å². The van der Waals surface area contributed by atoms with Gasteiger partial charge in [0.05, 0.1) is 11.8 Å². The Bertz CT molecular complexity index is 535. The third-order valence-corrected chi connectivity index (χ3v) is 2.01. The Labute approximate surface area is 92.1 Å². The molecule has 0 aliphatic heterocycles. The smallest absolute Gasteiger partial charge is 0.170 e. The molecule has 0 fully saturated rings. The predicted molar refractivity (Wildman–Crippen MR) is 57.6 cm³/mol. The van der Waals surface area contributed by atoms with Crippen molar-refractivity contribution in [1.29, 1.82) is 0 Å². The first-order valence-corrected chi connectivity index (χ1v) is 4.65. The second-order valence-electron chi connectivity index (χ2n) is 3.07. The summed E-state index contributed by atoms with van der Waals surface area (Å²) in [5.74, 6) is 5.86. The van der Waals surface area contributed by atoms with Crippen LogP contribution in [0.4, 0.5) is 0 Å². The number of hydrogen-bond acceptors (Lipinski definition) is 4. The van der Waals surface area contributed by atoms with E-state index in [0.717, 1.165) is 0 Å². The van der Waals surface area contributed by atoms with Gasteiger partial charge in [-0.1, -0.05) is 17.0 Å². The lowest BCUT2D eigenvalue weighted by atomic mass is 10.1. The highest BCUT2D eigenvalue weighted by atomic mass is 16.5. The van der Waals surface area contributed by atoms with E-state index >= 15 is 0 Å². The van der Waals surface area contributed by atoms with E-state index in [1.807, 2.05) is 0 Å². The van der Waals surface area contributed by atoms with Crippen molar-refractivity contribution in [3.63, 3.8) is 0 Å². The van der Waals surface area contributed by atoms with E-state index in [1.54, 1.807) is 18.2 Å². The fourth-order valence-electron chi connectivity index (χ4n) is 1.31. The number of rotatable bonds is 1. The highest BCUT2D eigenvalue weighted by Gasteiger charge is 2.07. The summed E-state index contributed by atoms with van der Waals surface area (Å²) in [5, 5.41) is 21.8. The maximum absolute atomic E-state index is 9.65. The third kappa shape index (κ3) is 2.05. The molecule has 2 rings (SSSR count). The number of phenolic OH excluding ortho intramolecular Hbond substituents is 1. The third-order valence-electron chi connectivity index (χ3n) is 2.01. The van der Waals surface area contributed by atoms with Crippen LogP contribution in [0.5, 0.6) is 5.75 Å². The van der Waals surface area contributed by atoms with E-state index in [0.29, 0.717) is 16.9 Å². The number of aromatic nitrogens is 1. The van der Waals surface area contributed by atoms with Gasteiger partial charge < -0.3 is 14.7 Å². The molecular formula is C12H9NO3. The summed E-state index contributed by atoms with van der Waals surface area (Å²) in [7, 11) is 0. The maximum Gasteiger partial charge on any atom is 0.170 e. The van der Waals surface area contributed by atoms with Crippen LogP contribution in [0, 0.1) is 11.8 Å². The minimum absolute atomic E-state index is 0.103. The van der Waals surface area contributed by atoms with E-state index in [1.165, 1.54) is 12.3 Å². The summed E-state index contributed by atoms with van der Waals surface area (Å²) in [5.41, 5.74) is 1.22. The quantitative estimate of drug-likeness (QED) is 0.705. The van der Waals surface area contributed by atoms with Crippen LogP contribution in [0.15, 0.2) is 35.0 Å². The maximum atomic E-state index is 9.65. The molecule has 0 radical (unpaired) electrons. The van der Waals surface area contributed by atoms with Crippen LogP contribution >= 0.6 is 0 Å². The molecule has 0 unspecified atom stereocenters. The highest BCUT2D eigenvalue weighted by molar-refractivity contribution is 5.67. The van der Waals surface area contributed by atoms with Gasteiger partial charge in [0, 0.05) is 11.6 Å². The predicted octanol–water partition coefficient (Wildman–Crippen LogP) is 1.39. The van der Waals surface area contributed by atoms with Gasteiger partial charge in [-0.15, -0.1) is 0 Å². The zero-order valence-corrected chi connectivity index (χ0v) is 8.34. The number of aromatic hydroxyl groups is 1. The lowest BCUT2D eigenvalue weighted by Gasteiger charge is -2.00. The first-order chi connectivity index (χ1) is 7.81. The SMILES string of the molecule is OCC#Cc1ccc(O)c(-c2ccno2)c1. The van der Waals surface area contributed by atoms with Crippen molar-refractivity contribution in [2.75, 3.05) is 6.61 Å². The molecule has 0 saturated carbocycles. The highest BCUT2D eigenvalue weighted by Crippen LogP contribution is 2.29. The van der Waals surface area contributed by atoms with Gasteiger partial charge in [0.25, 0.3) is 0 Å². The number of phenols is 1. The second kappa shape index (κ2) is 4.51. The summed E-state index contributed by atoms with van der Waals surface area (Å²) in [6, 6.07) is 6.52. The summed E-state index contributed by atoms with van der Waals surface area (Å²) >= 11 is 0. The lowest BCUT2D eigenvalue weighted by molar-refractivity contribution is 0.350. The molecule has 0 aliphatic carbocycles. The van der Waals surface area contributed by atoms with E-state index in [2.05, 4.69) is 17.0 Å². The van der Waals surface area contributed by atoms with E-state index in [9.17, 15) is 5.11 Å². The molecule has 80 valence electrons. The van der Waals surface area contributed by atoms with E-state index in [4.69, 9.17) is 9.63 Å². The zero-order chi connectivity index (χ0) is 11.4. The number of nitrogens with zero attached hydrogens (tertiary/aromatic N) is 1. The van der Waals surface area contributed by atoms with Crippen LogP contribution in [-0.4, -0.2) is 22.0 Å². The number of benzene rings is 1. The molecule has 0 bridgehead atoms. The molecule has 0 spiro atoms. The molecule has 2 aromatic rings. The minimum atomic E-state index is -0.196. The summed E-state index contributed by atoms with van der Waals surface area (Å²) in [6.07, 6.45) is 1.50. The van der Waals surface area contributed by atoms with Crippen molar-refractivity contribution < 1.29 is 14.7 Å². The molecule has 4 heteroatoms. The van der Waals surface area contributed by atoms with Gasteiger partial charge in [-0.3, -0.25) is 0 Å². The van der Waals surface area contributed by atoms with Gasteiger partial charge in [0.1, 0.15) is 12.4 Å². The van der Waals surface area contributed by atoms with Crippen molar-refractivity contribution in [2.24, 2.45) is 0 Å². The van der Waals surface area contributed by atoms with Crippen molar-refractivity contribution in [2.45, 2.75) is 0 Å². The molecule has 0 amide bonds. The Morgan fingerprint density at radius 1 is 1.31 bits per heavy atom. The molecule has 0 aliphatic rings. The average molecular weight is 215 g/mol. The summed E-state index contributed by atoms with van der Waals surface area (Å²) in [4.78, 5) is 0. The van der Waals surface area contributed by atoms with Crippen molar-refractivity contribution in [3.05, 3.63) is 36.0 Å². The Balaban J connectivity index is 2.45. The first kappa shape index (κ1) is 10.3. The van der Waals surface area contributed by atoms with Crippen LogP contribution in [-0.2, 0) is 0 Å². The standard InChI is InChI=1S/C12H9NO3/c14-7-1-2-9-3-4-11(15)10(8-9)12-5-6-13-16-12/h3-6,8,14-15H,7H2. The Kier molecular flexibility index (Phi) is 2.90. The fraction of sp³-hybridized carbons (Fsp3) is 0.0833. The van der Waals surface area contributed by atoms with Gasteiger partial charge in [-0.2, -0.15) is 0 Å². The molecule has 16 heavy (non-hydrogen) atoms. The Morgan fingerprint density at radius 2 is 2.19 bits per heavy atom. The summed E-state index contributed by atoms with van der Waals surface area (Å²) < 4.78 is 4.95. The second-order valence-corrected chi connectivity index (χ2v) is 3.07. The number of aliphatic hydroxyl groups excluding tert-OH is 1. The zero-order valence-electron chi connectivity index (χ0n) is 8.34. The Morgan fingerprint density at radius 3 is 2.88 bits per heavy atom. The van der Waals surface area contributed by atoms with Gasteiger partial charge in [-0.05, 0) is 18.2 Å². The molecule has 4 nitrogen and oxygen atoms in total. The molecule has 1 aromatic heterocycles. The average Bonchev–Trinajstić information content (AvgIpc) is 2.81. The van der Waals surface area contributed by atoms with Crippen molar-refractivity contribution in [3.8, 4) is 28.9 Å². The van der Waals surface area contributed by atoms with Crippen molar-refractivity contribution >= 4 is 0 Å². The number of hydrogen-bond donors (Lipinski definition) is 2. The fourth-order valence-corrected chi connectivity index (χ4v) is 1.31. The first-order valence-electron chi connectivity index (χ1n) is 4.65. The van der Waals surface area contributed by atoms with Crippen LogP contribution < -0.4 is 0 Å². The van der Waals surface area contributed by atoms with Crippen LogP contribution in [0.3, 0.4) is 0 Å². The largest absolute Gasteiger partial charge is 0.507 e. The Hall–Kier alpha value is -2.25. The topological polar surface area (TPSA) is 66.5 Å². The minimum Gasteiger partial charge on any atom is -0.507 e. The van der Waals surface area contributed by atoms with Crippen LogP contribution in [0.25, 0.3) is 11.3 Å². The number of aliphatic hydroxyl groups is 1. The van der Waals surface area contributed by atoms with E-state index in [-0.39, 0.29) is 12.4 Å². The molecule has 0 saturated heterocycles. The molecule has 1 aromatic carbocycles. The lowest BCUT2D eigenvalue weighted by Crippen LogP contribution is -1.81. The van der Waals surface area contributed by atoms with Crippen LogP contribution in [0.2, 0.25) is 0 Å². The van der Waals surface area contributed by atoms with Gasteiger partial charge in [0.2, 0.25) is 0 Å². The molecule has 0 atom stereocenters. The van der Waals surface area contributed by atoms with E-state index < -0.39 is 0 Å². The van der Waals surface area contributed by atoms with Gasteiger partial charge in [0.15, 0.2) is 5.76 Å². The van der Waals surface area contributed by atoms with Crippen molar-refractivity contribution in [1.82, 2.24) is 5.16 Å². The molecule has 2 N–H and O–H groups in total. The summed E-state index contributed by atoms with van der Waals surface area (Å²) in [6.45, 7) is -0.196. The normalized spacial score (nSPS) is 9.56. The van der Waals surface area contributed by atoms with Gasteiger partial charge in [-0.25, -0.2) is 0 Å².